The van der Waals surface area contributed by atoms with Gasteiger partial charge in [-0.05, 0) is 38.0 Å². The van der Waals surface area contributed by atoms with Crippen LogP contribution < -0.4 is 4.90 Å². The number of fused-ring (bicyclic) bond motifs is 2. The van der Waals surface area contributed by atoms with E-state index >= 15 is 0 Å². The molecule has 0 aliphatic carbocycles. The third-order valence-electron chi connectivity index (χ3n) is 5.37. The van der Waals surface area contributed by atoms with Crippen molar-refractivity contribution in [3.63, 3.8) is 0 Å². The first-order valence-corrected chi connectivity index (χ1v) is 8.79. The fourth-order valence-electron chi connectivity index (χ4n) is 4.01. The van der Waals surface area contributed by atoms with E-state index in [-0.39, 0.29) is 11.9 Å². The van der Waals surface area contributed by atoms with Gasteiger partial charge in [0.1, 0.15) is 11.6 Å². The molecule has 2 aromatic rings. The Hall–Kier alpha value is -2.83. The predicted octanol–water partition coefficient (Wildman–Crippen LogP) is 3.45. The van der Waals surface area contributed by atoms with Crippen LogP contribution in [0, 0.1) is 18.6 Å². The van der Waals surface area contributed by atoms with Gasteiger partial charge in [-0.15, -0.1) is 0 Å². The molecule has 1 unspecified atom stereocenters. The summed E-state index contributed by atoms with van der Waals surface area (Å²) in [5.41, 5.74) is 1.65. The summed E-state index contributed by atoms with van der Waals surface area (Å²) in [4.78, 5) is 10.7. The first-order chi connectivity index (χ1) is 12.6. The summed E-state index contributed by atoms with van der Waals surface area (Å²) in [6, 6.07) is 2.87. The summed E-state index contributed by atoms with van der Waals surface area (Å²) in [5.74, 6) is -0.113. The average molecular weight is 355 g/mol. The second-order valence-electron chi connectivity index (χ2n) is 6.90. The molecule has 5 rings (SSSR count). The predicted molar refractivity (Wildman–Crippen MR) is 94.5 cm³/mol. The lowest BCUT2D eigenvalue weighted by Gasteiger charge is -2.41. The van der Waals surface area contributed by atoms with E-state index < -0.39 is 11.6 Å². The summed E-state index contributed by atoms with van der Waals surface area (Å²) < 4.78 is 30.6. The average Bonchev–Trinajstić information content (AvgIpc) is 3.34. The monoisotopic (exact) mass is 355 g/mol. The molecular formula is C19H19F2N5. The Kier molecular flexibility index (Phi) is 3.32. The molecule has 0 saturated carbocycles. The van der Waals surface area contributed by atoms with Crippen LogP contribution in [0.25, 0.3) is 6.08 Å². The van der Waals surface area contributed by atoms with Gasteiger partial charge in [0.05, 0.1) is 12.4 Å². The minimum atomic E-state index is -0.518. The normalized spacial score (nSPS) is 21.3. The Labute approximate surface area is 150 Å². The van der Waals surface area contributed by atoms with Crippen molar-refractivity contribution < 1.29 is 8.78 Å². The SMILES string of the molecule is Cc1c(F)ccc(N2C=C3CCCN3C2N2C=Cc3nccn3C2)c1F. The number of rotatable bonds is 2. The van der Waals surface area contributed by atoms with E-state index in [1.54, 1.807) is 6.20 Å². The number of anilines is 1. The number of benzene rings is 1. The molecule has 0 spiro atoms. The van der Waals surface area contributed by atoms with Crippen molar-refractivity contribution in [2.45, 2.75) is 32.7 Å². The van der Waals surface area contributed by atoms with Gasteiger partial charge >= 0.3 is 0 Å². The maximum Gasteiger partial charge on any atom is 0.186 e. The number of hydrogen-bond acceptors (Lipinski definition) is 4. The standard InChI is InChI=1S/C19H19F2N5/c1-13-15(20)4-5-16(18(13)21)26-11-14-3-2-8-25(14)19(26)24-9-6-17-22-7-10-23(17)12-24/h4-7,9-11,19H,2-3,8,12H2,1H3. The molecule has 26 heavy (non-hydrogen) atoms. The molecule has 0 amide bonds. The maximum atomic E-state index is 14.8. The van der Waals surface area contributed by atoms with Gasteiger partial charge in [0.2, 0.25) is 0 Å². The largest absolute Gasteiger partial charge is 0.336 e. The van der Waals surface area contributed by atoms with Crippen LogP contribution in [0.5, 0.6) is 0 Å². The third kappa shape index (κ3) is 2.16. The van der Waals surface area contributed by atoms with E-state index in [0.717, 1.165) is 25.2 Å². The van der Waals surface area contributed by atoms with Gasteiger partial charge in [-0.25, -0.2) is 13.8 Å². The summed E-state index contributed by atoms with van der Waals surface area (Å²) in [6.07, 6.45) is 11.6. The second-order valence-corrected chi connectivity index (χ2v) is 6.90. The molecule has 1 fully saturated rings. The number of allylic oxidation sites excluding steroid dienone is 1. The molecule has 0 radical (unpaired) electrons. The van der Waals surface area contributed by atoms with Gasteiger partial charge in [-0.3, -0.25) is 0 Å². The van der Waals surface area contributed by atoms with Crippen LogP contribution in [0.15, 0.2) is 42.6 Å². The van der Waals surface area contributed by atoms with Gasteiger partial charge in [-0.1, -0.05) is 0 Å². The van der Waals surface area contributed by atoms with Crippen LogP contribution in [0.1, 0.15) is 24.2 Å². The zero-order valence-corrected chi connectivity index (χ0v) is 14.4. The summed E-state index contributed by atoms with van der Waals surface area (Å²) in [7, 11) is 0. The maximum absolute atomic E-state index is 14.8. The lowest BCUT2D eigenvalue weighted by atomic mass is 10.2. The van der Waals surface area contributed by atoms with Crippen LogP contribution in [0.2, 0.25) is 0 Å². The van der Waals surface area contributed by atoms with Gasteiger partial charge in [0.25, 0.3) is 0 Å². The fraction of sp³-hybridized carbons (Fsp3) is 0.316. The number of imidazole rings is 1. The zero-order chi connectivity index (χ0) is 17.8. The molecular weight excluding hydrogens is 336 g/mol. The lowest BCUT2D eigenvalue weighted by molar-refractivity contribution is 0.110. The topological polar surface area (TPSA) is 27.5 Å². The molecule has 1 aromatic carbocycles. The van der Waals surface area contributed by atoms with Crippen molar-refractivity contribution >= 4 is 11.8 Å². The van der Waals surface area contributed by atoms with Gasteiger partial charge in [-0.2, -0.15) is 0 Å². The number of hydrogen-bond donors (Lipinski definition) is 0. The molecule has 1 saturated heterocycles. The molecule has 0 N–H and O–H groups in total. The van der Waals surface area contributed by atoms with E-state index in [1.807, 2.05) is 29.6 Å². The quantitative estimate of drug-likeness (QED) is 0.825. The van der Waals surface area contributed by atoms with Crippen molar-refractivity contribution in [2.24, 2.45) is 0 Å². The highest BCUT2D eigenvalue weighted by atomic mass is 19.1. The molecule has 3 aliphatic rings. The number of halogens is 2. The molecule has 5 nitrogen and oxygen atoms in total. The highest BCUT2D eigenvalue weighted by molar-refractivity contribution is 5.56. The minimum Gasteiger partial charge on any atom is -0.336 e. The molecule has 3 aliphatic heterocycles. The van der Waals surface area contributed by atoms with Crippen LogP contribution >= 0.6 is 0 Å². The fourth-order valence-corrected chi connectivity index (χ4v) is 4.01. The van der Waals surface area contributed by atoms with E-state index in [2.05, 4.69) is 19.4 Å². The van der Waals surface area contributed by atoms with Gasteiger partial charge in [0.15, 0.2) is 12.1 Å². The van der Waals surface area contributed by atoms with E-state index in [4.69, 9.17) is 0 Å². The Morgan fingerprint density at radius 2 is 2.12 bits per heavy atom. The van der Waals surface area contributed by atoms with Crippen LogP contribution in [-0.4, -0.2) is 32.2 Å². The summed E-state index contributed by atoms with van der Waals surface area (Å²) in [5, 5.41) is 0. The van der Waals surface area contributed by atoms with Gasteiger partial charge in [0, 0.05) is 42.6 Å². The third-order valence-corrected chi connectivity index (χ3v) is 5.37. The Balaban J connectivity index is 1.56. The van der Waals surface area contributed by atoms with Crippen molar-refractivity contribution in [3.05, 3.63) is 65.6 Å². The molecule has 1 aromatic heterocycles. The van der Waals surface area contributed by atoms with E-state index in [0.29, 0.717) is 12.4 Å². The van der Waals surface area contributed by atoms with E-state index in [9.17, 15) is 8.78 Å². The van der Waals surface area contributed by atoms with Crippen LogP contribution in [-0.2, 0) is 6.67 Å². The first-order valence-electron chi connectivity index (χ1n) is 8.79. The highest BCUT2D eigenvalue weighted by Crippen LogP contribution is 2.39. The minimum absolute atomic E-state index is 0.0535. The van der Waals surface area contributed by atoms with Crippen molar-refractivity contribution in [3.8, 4) is 0 Å². The molecule has 0 bridgehead atoms. The van der Waals surface area contributed by atoms with Crippen molar-refractivity contribution in [2.75, 3.05) is 11.4 Å². The smallest absolute Gasteiger partial charge is 0.186 e. The Morgan fingerprint density at radius 3 is 3.00 bits per heavy atom. The lowest BCUT2D eigenvalue weighted by Crippen LogP contribution is -2.51. The number of nitrogens with zero attached hydrogens (tertiary/aromatic N) is 5. The molecule has 134 valence electrons. The molecule has 1 atom stereocenters. The Bertz CT molecular complexity index is 932. The molecule has 4 heterocycles. The summed E-state index contributed by atoms with van der Waals surface area (Å²) in [6.45, 7) is 3.04. The van der Waals surface area contributed by atoms with Crippen molar-refractivity contribution in [1.29, 1.82) is 0 Å². The Morgan fingerprint density at radius 1 is 1.23 bits per heavy atom. The molecule has 7 heteroatoms. The number of aromatic nitrogens is 2. The zero-order valence-electron chi connectivity index (χ0n) is 14.4. The summed E-state index contributed by atoms with van der Waals surface area (Å²) >= 11 is 0. The van der Waals surface area contributed by atoms with Gasteiger partial charge < -0.3 is 19.3 Å². The second kappa shape index (κ2) is 5.59. The van der Waals surface area contributed by atoms with Crippen LogP contribution in [0.3, 0.4) is 0 Å². The highest BCUT2D eigenvalue weighted by Gasteiger charge is 2.40. The van der Waals surface area contributed by atoms with Crippen molar-refractivity contribution in [1.82, 2.24) is 19.4 Å². The first kappa shape index (κ1) is 15.4. The van der Waals surface area contributed by atoms with Crippen LogP contribution in [0.4, 0.5) is 14.5 Å². The van der Waals surface area contributed by atoms with E-state index in [1.165, 1.54) is 24.8 Å².